The van der Waals surface area contributed by atoms with Crippen LogP contribution in [0.15, 0.2) is 29.3 Å². The van der Waals surface area contributed by atoms with Crippen LogP contribution < -0.4 is 11.1 Å². The first-order chi connectivity index (χ1) is 9.70. The van der Waals surface area contributed by atoms with Crippen LogP contribution in [0.25, 0.3) is 0 Å². The van der Waals surface area contributed by atoms with E-state index < -0.39 is 0 Å². The van der Waals surface area contributed by atoms with Gasteiger partial charge in [0.1, 0.15) is 5.82 Å². The van der Waals surface area contributed by atoms with E-state index in [1.807, 2.05) is 6.07 Å². The largest absolute Gasteiger partial charge is 0.370 e. The second-order valence-electron chi connectivity index (χ2n) is 6.09. The summed E-state index contributed by atoms with van der Waals surface area (Å²) in [5.41, 5.74) is 6.99. The third-order valence-corrected chi connectivity index (χ3v) is 4.55. The predicted octanol–water partition coefficient (Wildman–Crippen LogP) is 3.39. The molecule has 0 bridgehead atoms. The van der Waals surface area contributed by atoms with Crippen LogP contribution in [0.3, 0.4) is 0 Å². The van der Waals surface area contributed by atoms with Gasteiger partial charge in [-0.05, 0) is 55.2 Å². The van der Waals surface area contributed by atoms with Gasteiger partial charge in [0.25, 0.3) is 0 Å². The Morgan fingerprint density at radius 2 is 2.10 bits per heavy atom. The zero-order valence-corrected chi connectivity index (χ0v) is 14.4. The van der Waals surface area contributed by atoms with Gasteiger partial charge in [-0.25, -0.2) is 4.39 Å². The average molecular weight is 403 g/mol. The summed E-state index contributed by atoms with van der Waals surface area (Å²) in [5.74, 6) is 1.61. The highest BCUT2D eigenvalue weighted by atomic mass is 127. The molecule has 3 rings (SSSR count). The molecule has 0 heterocycles. The summed E-state index contributed by atoms with van der Waals surface area (Å²) in [5, 5.41) is 3.27. The van der Waals surface area contributed by atoms with E-state index in [0.29, 0.717) is 17.9 Å². The van der Waals surface area contributed by atoms with Crippen molar-refractivity contribution in [3.63, 3.8) is 0 Å². The number of nitrogens with one attached hydrogen (secondary N) is 1. The van der Waals surface area contributed by atoms with Crippen molar-refractivity contribution in [2.45, 2.75) is 44.1 Å². The van der Waals surface area contributed by atoms with E-state index in [1.165, 1.54) is 25.3 Å². The lowest BCUT2D eigenvalue weighted by molar-refractivity contribution is 0.316. The number of rotatable bonds is 4. The van der Waals surface area contributed by atoms with Gasteiger partial charge in [0.05, 0.1) is 0 Å². The summed E-state index contributed by atoms with van der Waals surface area (Å²) in [6, 6.07) is 7.28. The molecule has 2 fully saturated rings. The zero-order chi connectivity index (χ0) is 13.9. The monoisotopic (exact) mass is 403 g/mol. The summed E-state index contributed by atoms with van der Waals surface area (Å²) in [7, 11) is 0. The SMILES string of the molecule is I.NC(=NCC1CCC1)NC1CC(c2cccc(F)c2)C1. The van der Waals surface area contributed by atoms with Crippen molar-refractivity contribution in [1.29, 1.82) is 0 Å². The molecule has 0 aromatic heterocycles. The molecule has 1 aromatic rings. The number of nitrogens with zero attached hydrogens (tertiary/aromatic N) is 1. The fraction of sp³-hybridized carbons (Fsp3) is 0.562. The van der Waals surface area contributed by atoms with E-state index in [1.54, 1.807) is 12.1 Å². The molecule has 116 valence electrons. The van der Waals surface area contributed by atoms with Gasteiger partial charge in [-0.2, -0.15) is 0 Å². The van der Waals surface area contributed by atoms with E-state index in [0.717, 1.165) is 30.9 Å². The maximum absolute atomic E-state index is 13.2. The van der Waals surface area contributed by atoms with Gasteiger partial charge in [-0.3, -0.25) is 4.99 Å². The lowest BCUT2D eigenvalue weighted by atomic mass is 9.76. The molecule has 2 saturated carbocycles. The predicted molar refractivity (Wildman–Crippen MR) is 94.5 cm³/mol. The second kappa shape index (κ2) is 7.42. The second-order valence-corrected chi connectivity index (χ2v) is 6.09. The molecule has 0 amide bonds. The minimum atomic E-state index is -0.152. The van der Waals surface area contributed by atoms with Crippen LogP contribution in [0, 0.1) is 11.7 Å². The number of guanidine groups is 1. The van der Waals surface area contributed by atoms with Gasteiger partial charge in [-0.15, -0.1) is 24.0 Å². The Hall–Kier alpha value is -0.850. The third kappa shape index (κ3) is 4.31. The molecule has 2 aliphatic carbocycles. The van der Waals surface area contributed by atoms with E-state index in [-0.39, 0.29) is 29.8 Å². The average Bonchev–Trinajstić information content (AvgIpc) is 2.31. The molecule has 0 saturated heterocycles. The molecule has 21 heavy (non-hydrogen) atoms. The Bertz CT molecular complexity index is 496. The van der Waals surface area contributed by atoms with Gasteiger partial charge in [0, 0.05) is 12.6 Å². The van der Waals surface area contributed by atoms with Crippen molar-refractivity contribution < 1.29 is 4.39 Å². The number of halogens is 2. The Morgan fingerprint density at radius 3 is 2.71 bits per heavy atom. The standard InChI is InChI=1S/C16H22FN3.HI/c17-14-6-2-5-12(7-14)13-8-15(9-13)20-16(18)19-10-11-3-1-4-11;/h2,5-7,11,13,15H,1,3-4,8-10H2,(H3,18,19,20);1H. The number of nitrogens with two attached hydrogens (primary N) is 1. The summed E-state index contributed by atoms with van der Waals surface area (Å²) in [6.07, 6.45) is 5.93. The van der Waals surface area contributed by atoms with E-state index >= 15 is 0 Å². The number of benzene rings is 1. The lowest BCUT2D eigenvalue weighted by Crippen LogP contribution is -2.46. The topological polar surface area (TPSA) is 50.4 Å². The molecule has 3 nitrogen and oxygen atoms in total. The Labute approximate surface area is 142 Å². The van der Waals surface area contributed by atoms with Crippen molar-refractivity contribution in [2.75, 3.05) is 6.54 Å². The Balaban J connectivity index is 0.00000161. The molecule has 0 radical (unpaired) electrons. The number of hydrogen-bond donors (Lipinski definition) is 2. The highest BCUT2D eigenvalue weighted by Crippen LogP contribution is 2.36. The van der Waals surface area contributed by atoms with Crippen molar-refractivity contribution >= 4 is 29.9 Å². The molecular formula is C16H23FIN3. The molecule has 0 atom stereocenters. The molecule has 3 N–H and O–H groups in total. The fourth-order valence-corrected chi connectivity index (χ4v) is 2.93. The summed E-state index contributed by atoms with van der Waals surface area (Å²) in [6.45, 7) is 0.860. The first kappa shape index (κ1) is 16.5. The Morgan fingerprint density at radius 1 is 1.33 bits per heavy atom. The van der Waals surface area contributed by atoms with Crippen LogP contribution in [0.5, 0.6) is 0 Å². The van der Waals surface area contributed by atoms with Gasteiger partial charge < -0.3 is 11.1 Å². The smallest absolute Gasteiger partial charge is 0.188 e. The van der Waals surface area contributed by atoms with Crippen molar-refractivity contribution in [1.82, 2.24) is 5.32 Å². The zero-order valence-electron chi connectivity index (χ0n) is 12.1. The van der Waals surface area contributed by atoms with Gasteiger partial charge in [0.2, 0.25) is 0 Å². The van der Waals surface area contributed by atoms with Crippen molar-refractivity contribution in [3.8, 4) is 0 Å². The van der Waals surface area contributed by atoms with Crippen LogP contribution in [0.2, 0.25) is 0 Å². The maximum Gasteiger partial charge on any atom is 0.188 e. The first-order valence-corrected chi connectivity index (χ1v) is 7.52. The van der Waals surface area contributed by atoms with Crippen LogP contribution in [-0.4, -0.2) is 18.5 Å². The normalized spacial score (nSPS) is 25.5. The van der Waals surface area contributed by atoms with E-state index in [9.17, 15) is 4.39 Å². The summed E-state index contributed by atoms with van der Waals surface area (Å²) < 4.78 is 13.2. The van der Waals surface area contributed by atoms with Gasteiger partial charge in [0.15, 0.2) is 5.96 Å². The molecule has 2 aliphatic rings. The maximum atomic E-state index is 13.2. The first-order valence-electron chi connectivity index (χ1n) is 7.52. The fourth-order valence-electron chi connectivity index (χ4n) is 2.93. The minimum Gasteiger partial charge on any atom is -0.370 e. The van der Waals surface area contributed by atoms with Crippen molar-refractivity contribution in [3.05, 3.63) is 35.6 Å². The van der Waals surface area contributed by atoms with E-state index in [2.05, 4.69) is 10.3 Å². The van der Waals surface area contributed by atoms with Crippen LogP contribution >= 0.6 is 24.0 Å². The number of aliphatic imine (C=N–C) groups is 1. The van der Waals surface area contributed by atoms with Gasteiger partial charge >= 0.3 is 0 Å². The van der Waals surface area contributed by atoms with Crippen LogP contribution in [0.1, 0.15) is 43.6 Å². The molecule has 0 unspecified atom stereocenters. The molecule has 0 spiro atoms. The molecular weight excluding hydrogens is 380 g/mol. The van der Waals surface area contributed by atoms with E-state index in [4.69, 9.17) is 5.73 Å². The highest BCUT2D eigenvalue weighted by molar-refractivity contribution is 14.0. The quantitative estimate of drug-likeness (QED) is 0.460. The van der Waals surface area contributed by atoms with Crippen LogP contribution in [0.4, 0.5) is 4.39 Å². The molecule has 0 aliphatic heterocycles. The van der Waals surface area contributed by atoms with Crippen molar-refractivity contribution in [2.24, 2.45) is 16.6 Å². The third-order valence-electron chi connectivity index (χ3n) is 4.55. The molecule has 5 heteroatoms. The lowest BCUT2D eigenvalue weighted by Gasteiger charge is -2.36. The summed E-state index contributed by atoms with van der Waals surface area (Å²) >= 11 is 0. The number of hydrogen-bond acceptors (Lipinski definition) is 1. The highest BCUT2D eigenvalue weighted by Gasteiger charge is 2.30. The van der Waals surface area contributed by atoms with Crippen LogP contribution in [-0.2, 0) is 0 Å². The van der Waals surface area contributed by atoms with Gasteiger partial charge in [-0.1, -0.05) is 18.6 Å². The minimum absolute atomic E-state index is 0. The summed E-state index contributed by atoms with van der Waals surface area (Å²) in [4.78, 5) is 4.40. The molecule has 1 aromatic carbocycles. The Kier molecular flexibility index (Phi) is 5.84.